The first-order chi connectivity index (χ1) is 14.5. The highest BCUT2D eigenvalue weighted by molar-refractivity contribution is 7.90. The number of carbonyl (C=O) groups is 1. The van der Waals surface area contributed by atoms with Crippen LogP contribution in [0.25, 0.3) is 11.1 Å². The highest BCUT2D eigenvalue weighted by Gasteiger charge is 2.25. The van der Waals surface area contributed by atoms with Gasteiger partial charge in [0.2, 0.25) is 0 Å². The minimum absolute atomic E-state index is 0.0105. The first-order valence-electron chi connectivity index (χ1n) is 8.46. The molecule has 0 amide bonds. The molecule has 0 atom stereocenters. The maximum absolute atomic E-state index is 14.1. The molecule has 0 radical (unpaired) electrons. The largest absolute Gasteiger partial charge is 0.477 e. The minimum atomic E-state index is -3.51. The van der Waals surface area contributed by atoms with Crippen molar-refractivity contribution in [3.63, 3.8) is 0 Å². The van der Waals surface area contributed by atoms with Crippen molar-refractivity contribution in [3.8, 4) is 22.6 Å². The molecule has 160 valence electrons. The fraction of sp³-hybridized carbons (Fsp3) is 0.0500. The lowest BCUT2D eigenvalue weighted by molar-refractivity contribution is -0.385. The van der Waals surface area contributed by atoms with Gasteiger partial charge in [0.25, 0.3) is 5.69 Å². The van der Waals surface area contributed by atoms with Crippen LogP contribution in [-0.2, 0) is 9.84 Å². The lowest BCUT2D eigenvalue weighted by atomic mass is 10.0. The Labute approximate surface area is 174 Å². The zero-order valence-corrected chi connectivity index (χ0v) is 16.5. The Morgan fingerprint density at radius 2 is 1.68 bits per heavy atom. The number of sulfone groups is 1. The molecule has 3 rings (SSSR count). The number of hydrogen-bond donors (Lipinski definition) is 1. The normalized spacial score (nSPS) is 11.2. The number of ether oxygens (including phenoxy) is 1. The molecule has 31 heavy (non-hydrogen) atoms. The van der Waals surface area contributed by atoms with Gasteiger partial charge in [-0.2, -0.15) is 0 Å². The van der Waals surface area contributed by atoms with Crippen molar-refractivity contribution < 1.29 is 36.8 Å². The van der Waals surface area contributed by atoms with Crippen LogP contribution in [0.5, 0.6) is 11.5 Å². The van der Waals surface area contributed by atoms with Gasteiger partial charge in [-0.1, -0.05) is 12.1 Å². The number of nitrogens with zero attached hydrogens (tertiary/aromatic N) is 1. The molecule has 8 nitrogen and oxygen atoms in total. The van der Waals surface area contributed by atoms with Crippen LogP contribution in [0.15, 0.2) is 59.5 Å². The van der Waals surface area contributed by atoms with Crippen molar-refractivity contribution in [2.75, 3.05) is 6.26 Å². The van der Waals surface area contributed by atoms with Crippen LogP contribution < -0.4 is 4.74 Å². The third-order valence-corrected chi connectivity index (χ3v) is 5.36. The molecule has 0 spiro atoms. The average molecular weight is 449 g/mol. The van der Waals surface area contributed by atoms with Gasteiger partial charge in [0.05, 0.1) is 15.9 Å². The van der Waals surface area contributed by atoms with Crippen molar-refractivity contribution in [2.24, 2.45) is 0 Å². The number of nitro benzene ring substituents is 1. The first-order valence-corrected chi connectivity index (χ1v) is 10.4. The highest BCUT2D eigenvalue weighted by Crippen LogP contribution is 2.39. The number of carboxylic acids is 1. The van der Waals surface area contributed by atoms with Gasteiger partial charge in [0.1, 0.15) is 17.1 Å². The van der Waals surface area contributed by atoms with E-state index in [0.29, 0.717) is 6.07 Å². The summed E-state index contributed by atoms with van der Waals surface area (Å²) in [6.07, 6.45) is 1.00. The Kier molecular flexibility index (Phi) is 5.71. The van der Waals surface area contributed by atoms with Crippen LogP contribution in [0, 0.1) is 21.7 Å². The number of aromatic carboxylic acids is 1. The predicted molar refractivity (Wildman–Crippen MR) is 105 cm³/mol. The molecule has 0 saturated heterocycles. The van der Waals surface area contributed by atoms with Crippen LogP contribution in [-0.4, -0.2) is 30.7 Å². The molecule has 0 aliphatic heterocycles. The molecule has 0 aromatic heterocycles. The molecule has 0 saturated carbocycles. The Bertz CT molecular complexity index is 1310. The molecule has 1 N–H and O–H groups in total. The summed E-state index contributed by atoms with van der Waals surface area (Å²) in [5.41, 5.74) is -1.19. The van der Waals surface area contributed by atoms with Gasteiger partial charge in [-0.3, -0.25) is 10.1 Å². The number of halogens is 2. The number of hydrogen-bond acceptors (Lipinski definition) is 6. The van der Waals surface area contributed by atoms with Gasteiger partial charge in [0.15, 0.2) is 21.4 Å². The van der Waals surface area contributed by atoms with Gasteiger partial charge < -0.3 is 9.84 Å². The molecule has 0 heterocycles. The van der Waals surface area contributed by atoms with E-state index in [4.69, 9.17) is 4.74 Å². The number of rotatable bonds is 6. The average Bonchev–Trinajstić information content (AvgIpc) is 2.69. The van der Waals surface area contributed by atoms with E-state index in [0.717, 1.165) is 30.5 Å². The Balaban J connectivity index is 2.23. The molecular formula is C20H13F2NO7S. The van der Waals surface area contributed by atoms with E-state index in [2.05, 4.69) is 0 Å². The standard InChI is InChI=1S/C20H13F2NO7S/c1-31(28,29)13-5-2-11(3-6-13)14-9-15(20(24)25)17(23(26)27)10-19(14)30-18-7-4-12(21)8-16(18)22/h2-10H,1H3,(H,24,25). The summed E-state index contributed by atoms with van der Waals surface area (Å²) < 4.78 is 56.0. The Morgan fingerprint density at radius 3 is 2.19 bits per heavy atom. The molecule has 0 bridgehead atoms. The van der Waals surface area contributed by atoms with Gasteiger partial charge in [-0.15, -0.1) is 0 Å². The first kappa shape index (κ1) is 21.8. The summed E-state index contributed by atoms with van der Waals surface area (Å²) in [5, 5.41) is 20.7. The topological polar surface area (TPSA) is 124 Å². The maximum atomic E-state index is 14.1. The summed E-state index contributed by atoms with van der Waals surface area (Å²) in [5.74, 6) is -4.26. The molecular weight excluding hydrogens is 436 g/mol. The van der Waals surface area contributed by atoms with Gasteiger partial charge in [-0.25, -0.2) is 22.0 Å². The van der Waals surface area contributed by atoms with Gasteiger partial charge >= 0.3 is 5.97 Å². The maximum Gasteiger partial charge on any atom is 0.342 e. The molecule has 0 fully saturated rings. The monoisotopic (exact) mass is 449 g/mol. The van der Waals surface area contributed by atoms with Crippen molar-refractivity contribution in [3.05, 3.63) is 81.9 Å². The SMILES string of the molecule is CS(=O)(=O)c1ccc(-c2cc(C(=O)O)c([N+](=O)[O-])cc2Oc2ccc(F)cc2F)cc1. The Hall–Kier alpha value is -3.86. The summed E-state index contributed by atoms with van der Waals surface area (Å²) in [6.45, 7) is 0. The van der Waals surface area contributed by atoms with Crippen molar-refractivity contribution in [2.45, 2.75) is 4.90 Å². The molecule has 3 aromatic carbocycles. The Morgan fingerprint density at radius 1 is 1.03 bits per heavy atom. The quantitative estimate of drug-likeness (QED) is 0.436. The zero-order chi connectivity index (χ0) is 22.9. The summed E-state index contributed by atoms with van der Waals surface area (Å²) in [7, 11) is -3.51. The summed E-state index contributed by atoms with van der Waals surface area (Å²) in [6, 6.07) is 9.42. The van der Waals surface area contributed by atoms with Crippen LogP contribution in [0.4, 0.5) is 14.5 Å². The second-order valence-corrected chi connectivity index (χ2v) is 8.42. The van der Waals surface area contributed by atoms with E-state index in [1.54, 1.807) is 0 Å². The third-order valence-electron chi connectivity index (χ3n) is 4.23. The third kappa shape index (κ3) is 4.67. The number of benzene rings is 3. The second kappa shape index (κ2) is 8.11. The van der Waals surface area contributed by atoms with E-state index in [9.17, 15) is 37.2 Å². The van der Waals surface area contributed by atoms with E-state index in [-0.39, 0.29) is 21.8 Å². The molecule has 3 aromatic rings. The number of nitro groups is 1. The van der Waals surface area contributed by atoms with Crippen molar-refractivity contribution in [1.82, 2.24) is 0 Å². The summed E-state index contributed by atoms with van der Waals surface area (Å²) in [4.78, 5) is 21.9. The predicted octanol–water partition coefficient (Wildman–Crippen LogP) is 4.43. The highest BCUT2D eigenvalue weighted by atomic mass is 32.2. The fourth-order valence-electron chi connectivity index (χ4n) is 2.76. The zero-order valence-electron chi connectivity index (χ0n) is 15.7. The van der Waals surface area contributed by atoms with Crippen molar-refractivity contribution >= 4 is 21.5 Å². The van der Waals surface area contributed by atoms with Crippen molar-refractivity contribution in [1.29, 1.82) is 0 Å². The molecule has 0 unspecified atom stereocenters. The molecule has 0 aliphatic rings. The molecule has 11 heteroatoms. The lowest BCUT2D eigenvalue weighted by Gasteiger charge is -2.14. The van der Waals surface area contributed by atoms with E-state index in [1.165, 1.54) is 24.3 Å². The smallest absolute Gasteiger partial charge is 0.342 e. The summed E-state index contributed by atoms with van der Waals surface area (Å²) >= 11 is 0. The van der Waals surface area contributed by atoms with Crippen LogP contribution in [0.1, 0.15) is 10.4 Å². The van der Waals surface area contributed by atoms with E-state index in [1.807, 2.05) is 0 Å². The minimum Gasteiger partial charge on any atom is -0.477 e. The van der Waals surface area contributed by atoms with Crippen LogP contribution >= 0.6 is 0 Å². The van der Waals surface area contributed by atoms with Crippen LogP contribution in [0.3, 0.4) is 0 Å². The molecule has 0 aliphatic carbocycles. The second-order valence-electron chi connectivity index (χ2n) is 6.40. The van der Waals surface area contributed by atoms with Gasteiger partial charge in [0, 0.05) is 17.9 Å². The fourth-order valence-corrected chi connectivity index (χ4v) is 3.39. The van der Waals surface area contributed by atoms with Gasteiger partial charge in [-0.05, 0) is 35.9 Å². The number of carboxylic acid groups (broad SMARTS) is 1. The lowest BCUT2D eigenvalue weighted by Crippen LogP contribution is -2.04. The van der Waals surface area contributed by atoms with E-state index < -0.39 is 49.4 Å². The van der Waals surface area contributed by atoms with Crippen LogP contribution in [0.2, 0.25) is 0 Å². The van der Waals surface area contributed by atoms with E-state index >= 15 is 0 Å².